The summed E-state index contributed by atoms with van der Waals surface area (Å²) < 4.78 is 1.87. The second kappa shape index (κ2) is 6.93. The Kier molecular flexibility index (Phi) is 4.74. The Balaban J connectivity index is 1.59. The molecular formula is C15H19N5OS. The molecule has 6 nitrogen and oxygen atoms in total. The Morgan fingerprint density at radius 1 is 1.32 bits per heavy atom. The molecule has 1 saturated heterocycles. The van der Waals surface area contributed by atoms with Gasteiger partial charge in [-0.2, -0.15) is 0 Å². The largest absolute Gasteiger partial charge is 0.326 e. The summed E-state index contributed by atoms with van der Waals surface area (Å²) in [4.78, 5) is 13.3. The maximum Gasteiger partial charge on any atom is 0.227 e. The predicted octanol–water partition coefficient (Wildman–Crippen LogP) is 1.90. The molecule has 1 aliphatic rings. The molecule has 2 aromatic rings. The minimum atomic E-state index is 0.119. The van der Waals surface area contributed by atoms with E-state index in [1.165, 1.54) is 0 Å². The van der Waals surface area contributed by atoms with E-state index in [1.54, 1.807) is 18.1 Å². The van der Waals surface area contributed by atoms with Gasteiger partial charge < -0.3 is 15.2 Å². The topological polar surface area (TPSA) is 71.8 Å². The molecule has 1 aromatic carbocycles. The van der Waals surface area contributed by atoms with Crippen molar-refractivity contribution in [2.45, 2.75) is 22.9 Å². The number of aromatic nitrogens is 3. The number of hydrogen-bond acceptors (Lipinski definition) is 5. The average Bonchev–Trinajstić information content (AvgIpc) is 2.95. The molecule has 1 amide bonds. The quantitative estimate of drug-likeness (QED) is 0.901. The standard InChI is InChI=1S/C15H19N5OS/c1-20-10-17-19-15(20)22-13-4-2-12(3-5-13)18-14(21)11-6-8-16-9-7-11/h2-5,10-11,16H,6-9H2,1H3,(H,18,21). The Bertz CT molecular complexity index is 634. The molecule has 2 heterocycles. The zero-order chi connectivity index (χ0) is 15.4. The lowest BCUT2D eigenvalue weighted by Gasteiger charge is -2.21. The summed E-state index contributed by atoms with van der Waals surface area (Å²) in [5, 5.41) is 15.0. The van der Waals surface area contributed by atoms with Gasteiger partial charge in [-0.15, -0.1) is 10.2 Å². The second-order valence-corrected chi connectivity index (χ2v) is 6.41. The Hall–Kier alpha value is -1.86. The minimum Gasteiger partial charge on any atom is -0.326 e. The summed E-state index contributed by atoms with van der Waals surface area (Å²) in [5.41, 5.74) is 0.839. The van der Waals surface area contributed by atoms with E-state index in [0.29, 0.717) is 0 Å². The van der Waals surface area contributed by atoms with Crippen LogP contribution >= 0.6 is 11.8 Å². The average molecular weight is 317 g/mol. The van der Waals surface area contributed by atoms with Gasteiger partial charge in [0.15, 0.2) is 5.16 Å². The molecule has 0 spiro atoms. The molecule has 1 aliphatic heterocycles. The molecule has 2 N–H and O–H groups in total. The van der Waals surface area contributed by atoms with Crippen LogP contribution in [-0.4, -0.2) is 33.8 Å². The van der Waals surface area contributed by atoms with Crippen molar-refractivity contribution in [3.63, 3.8) is 0 Å². The summed E-state index contributed by atoms with van der Waals surface area (Å²) in [6.45, 7) is 1.84. The third kappa shape index (κ3) is 3.66. The van der Waals surface area contributed by atoms with E-state index in [0.717, 1.165) is 41.7 Å². The lowest BCUT2D eigenvalue weighted by Crippen LogP contribution is -2.34. The van der Waals surface area contributed by atoms with Crippen molar-refractivity contribution >= 4 is 23.4 Å². The molecule has 0 bridgehead atoms. The first kappa shape index (κ1) is 15.1. The fraction of sp³-hybridized carbons (Fsp3) is 0.400. The number of rotatable bonds is 4. The highest BCUT2D eigenvalue weighted by Gasteiger charge is 2.20. The fourth-order valence-corrected chi connectivity index (χ4v) is 3.17. The summed E-state index contributed by atoms with van der Waals surface area (Å²) in [6.07, 6.45) is 3.49. The van der Waals surface area contributed by atoms with Gasteiger partial charge in [-0.3, -0.25) is 4.79 Å². The Morgan fingerprint density at radius 2 is 2.05 bits per heavy atom. The van der Waals surface area contributed by atoms with Gasteiger partial charge in [0.2, 0.25) is 5.91 Å². The van der Waals surface area contributed by atoms with Crippen molar-refractivity contribution in [1.29, 1.82) is 0 Å². The zero-order valence-corrected chi connectivity index (χ0v) is 13.3. The fourth-order valence-electron chi connectivity index (χ4n) is 2.41. The van der Waals surface area contributed by atoms with E-state index in [2.05, 4.69) is 20.8 Å². The van der Waals surface area contributed by atoms with Gasteiger partial charge >= 0.3 is 0 Å². The van der Waals surface area contributed by atoms with Gasteiger partial charge in [0.05, 0.1) is 0 Å². The van der Waals surface area contributed by atoms with Crippen LogP contribution in [0.2, 0.25) is 0 Å². The molecule has 0 saturated carbocycles. The predicted molar refractivity (Wildman–Crippen MR) is 85.8 cm³/mol. The number of nitrogens with one attached hydrogen (secondary N) is 2. The SMILES string of the molecule is Cn1cnnc1Sc1ccc(NC(=O)C2CCNCC2)cc1. The lowest BCUT2D eigenvalue weighted by molar-refractivity contribution is -0.120. The minimum absolute atomic E-state index is 0.119. The third-order valence-corrected chi connectivity index (χ3v) is 4.77. The number of aryl methyl sites for hydroxylation is 1. The van der Waals surface area contributed by atoms with E-state index >= 15 is 0 Å². The first-order chi connectivity index (χ1) is 10.7. The van der Waals surface area contributed by atoms with Crippen molar-refractivity contribution < 1.29 is 4.79 Å². The van der Waals surface area contributed by atoms with Gasteiger partial charge in [-0.05, 0) is 62.0 Å². The van der Waals surface area contributed by atoms with Crippen LogP contribution < -0.4 is 10.6 Å². The monoisotopic (exact) mass is 317 g/mol. The maximum atomic E-state index is 12.2. The smallest absolute Gasteiger partial charge is 0.227 e. The van der Waals surface area contributed by atoms with Gasteiger partial charge in [-0.1, -0.05) is 0 Å². The van der Waals surface area contributed by atoms with Crippen LogP contribution in [0, 0.1) is 5.92 Å². The molecule has 22 heavy (non-hydrogen) atoms. The number of amides is 1. The number of nitrogens with zero attached hydrogens (tertiary/aromatic N) is 3. The number of piperidine rings is 1. The van der Waals surface area contributed by atoms with Gasteiger partial charge in [0.25, 0.3) is 0 Å². The van der Waals surface area contributed by atoms with Crippen molar-refractivity contribution in [2.75, 3.05) is 18.4 Å². The molecule has 3 rings (SSSR count). The van der Waals surface area contributed by atoms with Crippen molar-refractivity contribution in [3.8, 4) is 0 Å². The van der Waals surface area contributed by atoms with Crippen molar-refractivity contribution in [2.24, 2.45) is 13.0 Å². The first-order valence-corrected chi connectivity index (χ1v) is 8.17. The number of carbonyl (C=O) groups excluding carboxylic acids is 1. The van der Waals surface area contributed by atoms with Crippen LogP contribution in [0.5, 0.6) is 0 Å². The molecule has 1 fully saturated rings. The van der Waals surface area contributed by atoms with E-state index in [9.17, 15) is 4.79 Å². The maximum absolute atomic E-state index is 12.2. The van der Waals surface area contributed by atoms with E-state index < -0.39 is 0 Å². The number of benzene rings is 1. The lowest BCUT2D eigenvalue weighted by atomic mass is 9.97. The molecular weight excluding hydrogens is 298 g/mol. The van der Waals surface area contributed by atoms with Crippen LogP contribution in [0.3, 0.4) is 0 Å². The number of hydrogen-bond donors (Lipinski definition) is 2. The van der Waals surface area contributed by atoms with Crippen LogP contribution in [-0.2, 0) is 11.8 Å². The molecule has 0 atom stereocenters. The van der Waals surface area contributed by atoms with Crippen LogP contribution in [0.15, 0.2) is 40.6 Å². The van der Waals surface area contributed by atoms with Crippen molar-refractivity contribution in [1.82, 2.24) is 20.1 Å². The molecule has 0 unspecified atom stereocenters. The highest BCUT2D eigenvalue weighted by atomic mass is 32.2. The molecule has 116 valence electrons. The van der Waals surface area contributed by atoms with Crippen LogP contribution in [0.1, 0.15) is 12.8 Å². The summed E-state index contributed by atoms with van der Waals surface area (Å²) in [5.74, 6) is 0.240. The number of anilines is 1. The molecule has 1 aromatic heterocycles. The summed E-state index contributed by atoms with van der Waals surface area (Å²) >= 11 is 1.54. The number of carbonyl (C=O) groups is 1. The third-order valence-electron chi connectivity index (χ3n) is 3.71. The molecule has 7 heteroatoms. The van der Waals surface area contributed by atoms with Gasteiger partial charge in [0, 0.05) is 23.5 Å². The molecule has 0 radical (unpaired) electrons. The van der Waals surface area contributed by atoms with Gasteiger partial charge in [0.1, 0.15) is 6.33 Å². The van der Waals surface area contributed by atoms with E-state index in [4.69, 9.17) is 0 Å². The van der Waals surface area contributed by atoms with Crippen LogP contribution in [0.4, 0.5) is 5.69 Å². The highest BCUT2D eigenvalue weighted by Crippen LogP contribution is 2.26. The zero-order valence-electron chi connectivity index (χ0n) is 12.5. The highest BCUT2D eigenvalue weighted by molar-refractivity contribution is 7.99. The van der Waals surface area contributed by atoms with E-state index in [-0.39, 0.29) is 11.8 Å². The van der Waals surface area contributed by atoms with Crippen LogP contribution in [0.25, 0.3) is 0 Å². The Morgan fingerprint density at radius 3 is 2.68 bits per heavy atom. The first-order valence-electron chi connectivity index (χ1n) is 7.36. The normalized spacial score (nSPS) is 15.7. The Labute approximate surface area is 133 Å². The van der Waals surface area contributed by atoms with Crippen molar-refractivity contribution in [3.05, 3.63) is 30.6 Å². The van der Waals surface area contributed by atoms with Gasteiger partial charge in [-0.25, -0.2) is 0 Å². The second-order valence-electron chi connectivity index (χ2n) is 5.36. The summed E-state index contributed by atoms with van der Waals surface area (Å²) in [6, 6.07) is 7.82. The molecule has 0 aliphatic carbocycles. The summed E-state index contributed by atoms with van der Waals surface area (Å²) in [7, 11) is 1.91. The van der Waals surface area contributed by atoms with E-state index in [1.807, 2.05) is 35.9 Å².